The number of imide groups is 1. The van der Waals surface area contributed by atoms with Gasteiger partial charge in [0.25, 0.3) is 5.91 Å². The summed E-state index contributed by atoms with van der Waals surface area (Å²) in [6.45, 7) is 1.73. The summed E-state index contributed by atoms with van der Waals surface area (Å²) >= 11 is 12.1. The number of urea groups is 1. The highest BCUT2D eigenvalue weighted by Gasteiger charge is 2.48. The van der Waals surface area contributed by atoms with Gasteiger partial charge in [0.05, 0.1) is 5.69 Å². The molecule has 164 valence electrons. The molecule has 0 bridgehead atoms. The first-order valence-corrected chi connectivity index (χ1v) is 11.3. The lowest BCUT2D eigenvalue weighted by Gasteiger charge is -2.22. The number of fused-ring (bicyclic) bond motifs is 1. The molecule has 1 aliphatic rings. The van der Waals surface area contributed by atoms with E-state index < -0.39 is 11.6 Å². The molecule has 4 aromatic rings. The van der Waals surface area contributed by atoms with Gasteiger partial charge in [-0.3, -0.25) is 4.79 Å². The van der Waals surface area contributed by atoms with E-state index in [0.29, 0.717) is 22.2 Å². The van der Waals surface area contributed by atoms with E-state index in [1.165, 1.54) is 10.8 Å². The van der Waals surface area contributed by atoms with E-state index in [9.17, 15) is 9.59 Å². The average Bonchev–Trinajstić information content (AvgIpc) is 3.01. The zero-order valence-corrected chi connectivity index (χ0v) is 19.3. The van der Waals surface area contributed by atoms with Gasteiger partial charge >= 0.3 is 6.03 Å². The highest BCUT2D eigenvalue weighted by atomic mass is 35.5. The van der Waals surface area contributed by atoms with Crippen molar-refractivity contribution in [3.8, 4) is 11.1 Å². The van der Waals surface area contributed by atoms with Crippen molar-refractivity contribution < 1.29 is 9.59 Å². The molecule has 5 rings (SSSR count). The molecule has 6 heteroatoms. The molecule has 0 aliphatic carbocycles. The van der Waals surface area contributed by atoms with Crippen LogP contribution in [0.25, 0.3) is 21.9 Å². The summed E-state index contributed by atoms with van der Waals surface area (Å²) in [5, 5.41) is 5.94. The van der Waals surface area contributed by atoms with Gasteiger partial charge in [0.2, 0.25) is 0 Å². The number of nitrogens with one attached hydrogen (secondary N) is 1. The van der Waals surface area contributed by atoms with Gasteiger partial charge in [-0.15, -0.1) is 0 Å². The first-order valence-electron chi connectivity index (χ1n) is 10.5. The van der Waals surface area contributed by atoms with Gasteiger partial charge in [0.15, 0.2) is 0 Å². The Morgan fingerprint density at radius 3 is 2.12 bits per heavy atom. The SMILES string of the molecule is CC1(Cc2ccc(-c3ccc4ccccc4c3)cc2)NC(=O)N(c2cc(Cl)cc(Cl)c2)C1=O. The fraction of sp³-hybridized carbons (Fsp3) is 0.111. The van der Waals surface area contributed by atoms with Crippen LogP contribution < -0.4 is 10.2 Å². The summed E-state index contributed by atoms with van der Waals surface area (Å²) in [7, 11) is 0. The minimum absolute atomic E-state index is 0.343. The minimum atomic E-state index is -1.07. The Hall–Kier alpha value is -3.34. The van der Waals surface area contributed by atoms with Gasteiger partial charge in [-0.2, -0.15) is 0 Å². The van der Waals surface area contributed by atoms with Crippen molar-refractivity contribution in [3.63, 3.8) is 0 Å². The highest BCUT2D eigenvalue weighted by Crippen LogP contribution is 2.32. The first kappa shape index (κ1) is 21.5. The number of anilines is 1. The normalized spacial score (nSPS) is 18.1. The molecule has 0 aromatic heterocycles. The lowest BCUT2D eigenvalue weighted by atomic mass is 9.91. The molecule has 1 N–H and O–H groups in total. The third kappa shape index (κ3) is 4.08. The van der Waals surface area contributed by atoms with Crippen molar-refractivity contribution in [2.75, 3.05) is 4.90 Å². The average molecular weight is 475 g/mol. The quantitative estimate of drug-likeness (QED) is 0.328. The Balaban J connectivity index is 1.38. The van der Waals surface area contributed by atoms with E-state index in [4.69, 9.17) is 23.2 Å². The largest absolute Gasteiger partial charge is 0.329 e. The molecule has 1 unspecified atom stereocenters. The number of rotatable bonds is 4. The monoisotopic (exact) mass is 474 g/mol. The predicted molar refractivity (Wildman–Crippen MR) is 134 cm³/mol. The molecule has 1 heterocycles. The Bertz CT molecular complexity index is 1380. The topological polar surface area (TPSA) is 49.4 Å². The smallest absolute Gasteiger partial charge is 0.323 e. The molecule has 0 radical (unpaired) electrons. The van der Waals surface area contributed by atoms with Gasteiger partial charge in [0.1, 0.15) is 5.54 Å². The third-order valence-electron chi connectivity index (χ3n) is 5.96. The number of carbonyl (C=O) groups excluding carboxylic acids is 2. The maximum atomic E-state index is 13.2. The Labute approximate surface area is 201 Å². The summed E-state index contributed by atoms with van der Waals surface area (Å²) in [5.74, 6) is -0.343. The van der Waals surface area contributed by atoms with Crippen LogP contribution in [-0.4, -0.2) is 17.5 Å². The van der Waals surface area contributed by atoms with E-state index in [1.807, 2.05) is 36.4 Å². The zero-order chi connectivity index (χ0) is 23.2. The highest BCUT2D eigenvalue weighted by molar-refractivity contribution is 6.35. The molecule has 1 atom stereocenters. The standard InChI is InChI=1S/C27H20Cl2N2O2/c1-27(25(32)31(26(33)30-27)24-14-22(28)13-23(29)15-24)16-17-6-8-19(9-7-17)21-11-10-18-4-2-3-5-20(18)12-21/h2-15H,16H2,1H3,(H,30,33). The summed E-state index contributed by atoms with van der Waals surface area (Å²) in [6.07, 6.45) is 0.361. The van der Waals surface area contributed by atoms with Crippen LogP contribution in [0.1, 0.15) is 12.5 Å². The molecule has 0 saturated carbocycles. The third-order valence-corrected chi connectivity index (χ3v) is 6.40. The Morgan fingerprint density at radius 2 is 1.42 bits per heavy atom. The maximum absolute atomic E-state index is 13.2. The van der Waals surface area contributed by atoms with Crippen molar-refractivity contribution in [1.29, 1.82) is 0 Å². The predicted octanol–water partition coefficient (Wildman–Crippen LogP) is 6.87. The number of carbonyl (C=O) groups is 2. The number of amides is 3. The van der Waals surface area contributed by atoms with E-state index in [0.717, 1.165) is 21.6 Å². The number of benzene rings is 4. The van der Waals surface area contributed by atoms with Crippen molar-refractivity contribution in [3.05, 3.63) is 101 Å². The van der Waals surface area contributed by atoms with Crippen LogP contribution in [-0.2, 0) is 11.2 Å². The van der Waals surface area contributed by atoms with E-state index in [-0.39, 0.29) is 5.91 Å². The minimum Gasteiger partial charge on any atom is -0.323 e. The Kier molecular flexibility index (Phi) is 5.35. The molecule has 1 aliphatic heterocycles. The van der Waals surface area contributed by atoms with Gasteiger partial charge in [0, 0.05) is 16.5 Å². The second kappa shape index (κ2) is 8.22. The van der Waals surface area contributed by atoms with Gasteiger partial charge < -0.3 is 5.32 Å². The number of nitrogens with zero attached hydrogens (tertiary/aromatic N) is 1. The molecule has 3 amide bonds. The summed E-state index contributed by atoms with van der Waals surface area (Å²) in [4.78, 5) is 27.0. The second-order valence-electron chi connectivity index (χ2n) is 8.47. The summed E-state index contributed by atoms with van der Waals surface area (Å²) in [6, 6.07) is 26.9. The fourth-order valence-corrected chi connectivity index (χ4v) is 4.81. The maximum Gasteiger partial charge on any atom is 0.329 e. The molecule has 33 heavy (non-hydrogen) atoms. The van der Waals surface area contributed by atoms with Gasteiger partial charge in [-0.05, 0) is 58.7 Å². The molecule has 1 fully saturated rings. The van der Waals surface area contributed by atoms with Crippen LogP contribution in [0.3, 0.4) is 0 Å². The van der Waals surface area contributed by atoms with Crippen LogP contribution in [0.4, 0.5) is 10.5 Å². The van der Waals surface area contributed by atoms with E-state index in [1.54, 1.807) is 25.1 Å². The van der Waals surface area contributed by atoms with Crippen LogP contribution >= 0.6 is 23.2 Å². The Morgan fingerprint density at radius 1 is 0.788 bits per heavy atom. The lowest BCUT2D eigenvalue weighted by Crippen LogP contribution is -2.46. The number of halogens is 2. The van der Waals surface area contributed by atoms with E-state index >= 15 is 0 Å². The van der Waals surface area contributed by atoms with Crippen molar-refractivity contribution in [2.24, 2.45) is 0 Å². The van der Waals surface area contributed by atoms with Crippen LogP contribution in [0.15, 0.2) is 84.9 Å². The second-order valence-corrected chi connectivity index (χ2v) is 9.34. The number of hydrogen-bond acceptors (Lipinski definition) is 2. The molecular weight excluding hydrogens is 455 g/mol. The summed E-state index contributed by atoms with van der Waals surface area (Å²) < 4.78 is 0. The lowest BCUT2D eigenvalue weighted by molar-refractivity contribution is -0.121. The molecule has 0 spiro atoms. The van der Waals surface area contributed by atoms with Gasteiger partial charge in [-0.1, -0.05) is 83.9 Å². The molecule has 4 aromatic carbocycles. The van der Waals surface area contributed by atoms with E-state index in [2.05, 4.69) is 35.6 Å². The number of hydrogen-bond donors (Lipinski definition) is 1. The molecule has 1 saturated heterocycles. The van der Waals surface area contributed by atoms with Crippen LogP contribution in [0.5, 0.6) is 0 Å². The fourth-order valence-electron chi connectivity index (χ4n) is 4.30. The summed E-state index contributed by atoms with van der Waals surface area (Å²) in [5.41, 5.74) is 2.44. The first-order chi connectivity index (χ1) is 15.8. The van der Waals surface area contributed by atoms with Crippen LogP contribution in [0.2, 0.25) is 10.0 Å². The zero-order valence-electron chi connectivity index (χ0n) is 17.8. The van der Waals surface area contributed by atoms with Gasteiger partial charge in [-0.25, -0.2) is 9.69 Å². The van der Waals surface area contributed by atoms with Crippen molar-refractivity contribution in [2.45, 2.75) is 18.9 Å². The molecule has 4 nitrogen and oxygen atoms in total. The molecular formula is C27H20Cl2N2O2. The van der Waals surface area contributed by atoms with Crippen molar-refractivity contribution >= 4 is 51.6 Å². The van der Waals surface area contributed by atoms with Crippen LogP contribution in [0, 0.1) is 0 Å². The van der Waals surface area contributed by atoms with Crippen molar-refractivity contribution in [1.82, 2.24) is 5.32 Å².